The van der Waals surface area contributed by atoms with Crippen LogP contribution in [0.5, 0.6) is 0 Å². The molecule has 0 aliphatic carbocycles. The molecule has 3 rings (SSSR count). The van der Waals surface area contributed by atoms with Crippen molar-refractivity contribution in [1.29, 1.82) is 5.41 Å². The van der Waals surface area contributed by atoms with Gasteiger partial charge in [0, 0.05) is 30.4 Å². The summed E-state index contributed by atoms with van der Waals surface area (Å²) in [7, 11) is 0. The summed E-state index contributed by atoms with van der Waals surface area (Å²) in [5.41, 5.74) is 12.3. The molecule has 8 heteroatoms. The molecule has 2 aromatic carbocycles. The summed E-state index contributed by atoms with van der Waals surface area (Å²) in [5, 5.41) is 10.3. The first-order valence-corrected chi connectivity index (χ1v) is 10.1. The van der Waals surface area contributed by atoms with E-state index in [0.29, 0.717) is 24.2 Å². The van der Waals surface area contributed by atoms with Gasteiger partial charge >= 0.3 is 0 Å². The molecule has 0 spiro atoms. The Morgan fingerprint density at radius 3 is 2.38 bits per heavy atom. The number of halogens is 1. The van der Waals surface area contributed by atoms with Gasteiger partial charge in [-0.25, -0.2) is 4.68 Å². The maximum atomic E-state index is 12.8. The average Bonchev–Trinajstić information content (AvgIpc) is 2.77. The van der Waals surface area contributed by atoms with Crippen LogP contribution in [-0.4, -0.2) is 23.0 Å². The van der Waals surface area contributed by atoms with Crippen LogP contribution in [-0.2, 0) is 24.2 Å². The van der Waals surface area contributed by atoms with E-state index in [-0.39, 0.29) is 36.1 Å². The number of nitrogens with two attached hydrogens (primary N) is 1. The molecule has 168 valence electrons. The number of aryl methyl sites for hydroxylation is 1. The Labute approximate surface area is 193 Å². The fourth-order valence-corrected chi connectivity index (χ4v) is 3.20. The third kappa shape index (κ3) is 6.72. The van der Waals surface area contributed by atoms with Gasteiger partial charge in [-0.2, -0.15) is 0 Å². The molecule has 0 unspecified atom stereocenters. The topological polar surface area (TPSA) is 113 Å². The number of carbonyl (C=O) groups is 1. The van der Waals surface area contributed by atoms with Gasteiger partial charge in [-0.3, -0.25) is 15.0 Å². The Hall–Kier alpha value is -3.58. The summed E-state index contributed by atoms with van der Waals surface area (Å²) < 4.78 is 1.44. The summed E-state index contributed by atoms with van der Waals surface area (Å²) in [6, 6.07) is 19.0. The first-order chi connectivity index (χ1) is 14.9. The quantitative estimate of drug-likeness (QED) is 0.294. The van der Waals surface area contributed by atoms with Gasteiger partial charge in [-0.15, -0.1) is 12.4 Å². The molecule has 3 aromatic rings. The number of nitrogens with one attached hydrogen (secondary N) is 3. The minimum Gasteiger partial charge on any atom is -0.384 e. The van der Waals surface area contributed by atoms with E-state index < -0.39 is 0 Å². The highest BCUT2D eigenvalue weighted by molar-refractivity contribution is 5.94. The largest absolute Gasteiger partial charge is 0.384 e. The molecule has 0 atom stereocenters. The normalized spacial score (nSPS) is 10.2. The van der Waals surface area contributed by atoms with Crippen molar-refractivity contribution >= 4 is 24.1 Å². The highest BCUT2D eigenvalue weighted by atomic mass is 35.5. The second kappa shape index (κ2) is 11.7. The van der Waals surface area contributed by atoms with Crippen LogP contribution in [0.2, 0.25) is 0 Å². The summed E-state index contributed by atoms with van der Waals surface area (Å²) >= 11 is 0. The second-order valence-corrected chi connectivity index (χ2v) is 7.36. The van der Waals surface area contributed by atoms with E-state index in [4.69, 9.17) is 11.1 Å². The molecule has 0 aliphatic rings. The van der Waals surface area contributed by atoms with Crippen LogP contribution in [0.3, 0.4) is 0 Å². The zero-order chi connectivity index (χ0) is 22.2. The van der Waals surface area contributed by atoms with E-state index in [2.05, 4.69) is 10.7 Å². The maximum absolute atomic E-state index is 12.8. The number of hydrogen-bond acceptors (Lipinski definition) is 4. The Kier molecular flexibility index (Phi) is 9.04. The van der Waals surface area contributed by atoms with Gasteiger partial charge in [-0.05, 0) is 36.1 Å². The van der Waals surface area contributed by atoms with Crippen LogP contribution in [0.4, 0.5) is 0 Å². The molecule has 0 radical (unpaired) electrons. The molecule has 5 N–H and O–H groups in total. The van der Waals surface area contributed by atoms with Crippen molar-refractivity contribution in [3.05, 3.63) is 105 Å². The number of hydrogen-bond donors (Lipinski definition) is 4. The predicted molar refractivity (Wildman–Crippen MR) is 130 cm³/mol. The molecule has 0 saturated heterocycles. The average molecular weight is 454 g/mol. The van der Waals surface area contributed by atoms with Crippen LogP contribution in [0.25, 0.3) is 0 Å². The van der Waals surface area contributed by atoms with Gasteiger partial charge in [0.25, 0.3) is 5.56 Å². The molecule has 7 nitrogen and oxygen atoms in total. The molecule has 0 aliphatic heterocycles. The third-order valence-corrected chi connectivity index (χ3v) is 5.06. The molecule has 32 heavy (non-hydrogen) atoms. The summed E-state index contributed by atoms with van der Waals surface area (Å²) in [4.78, 5) is 25.3. The summed E-state index contributed by atoms with van der Waals surface area (Å²) in [6.45, 7) is 2.78. The zero-order valence-corrected chi connectivity index (χ0v) is 18.7. The van der Waals surface area contributed by atoms with Crippen LogP contribution < -0.4 is 22.0 Å². The van der Waals surface area contributed by atoms with E-state index in [0.717, 1.165) is 17.5 Å². The Morgan fingerprint density at radius 2 is 1.72 bits per heavy atom. The highest BCUT2D eigenvalue weighted by Gasteiger charge is 2.12. The van der Waals surface area contributed by atoms with Gasteiger partial charge in [0.1, 0.15) is 5.84 Å². The lowest BCUT2D eigenvalue weighted by atomic mass is 10.1. The zero-order valence-electron chi connectivity index (χ0n) is 17.9. The van der Waals surface area contributed by atoms with Gasteiger partial charge in [0.05, 0.1) is 6.42 Å². The lowest BCUT2D eigenvalue weighted by molar-refractivity contribution is -0.120. The van der Waals surface area contributed by atoms with Gasteiger partial charge in [0.2, 0.25) is 5.91 Å². The Bertz CT molecular complexity index is 1110. The van der Waals surface area contributed by atoms with E-state index in [9.17, 15) is 9.59 Å². The number of carbonyl (C=O) groups excluding carboxylic acids is 1. The number of nitrogen functional groups attached to an aromatic ring is 1. The fourth-order valence-electron chi connectivity index (χ4n) is 3.20. The monoisotopic (exact) mass is 453 g/mol. The fraction of sp³-hybridized carbons (Fsp3) is 0.208. The standard InChI is InChI=1S/C24H27N5O2.ClH/c1-17-12-14-29(28-13-11-18-5-3-2-4-6-18)24(31)21(17)15-22(30)27-16-19-7-9-20(10-8-19)23(25)26;/h2-10,12,14,28H,11,13,15-16H2,1H3,(H3,25,26)(H,27,30);1H. The maximum Gasteiger partial charge on any atom is 0.272 e. The second-order valence-electron chi connectivity index (χ2n) is 7.36. The van der Waals surface area contributed by atoms with Crippen molar-refractivity contribution in [2.45, 2.75) is 26.3 Å². The molecular formula is C24H28ClN5O2. The van der Waals surface area contributed by atoms with Gasteiger partial charge < -0.3 is 16.5 Å². The van der Waals surface area contributed by atoms with Crippen molar-refractivity contribution in [1.82, 2.24) is 9.99 Å². The minimum absolute atomic E-state index is 0. The molecule has 1 heterocycles. The molecule has 0 bridgehead atoms. The van der Waals surface area contributed by atoms with Crippen molar-refractivity contribution in [2.24, 2.45) is 5.73 Å². The predicted octanol–water partition coefficient (Wildman–Crippen LogP) is 2.51. The molecule has 0 fully saturated rings. The number of aromatic nitrogens is 1. The van der Waals surface area contributed by atoms with Crippen molar-refractivity contribution in [3.8, 4) is 0 Å². The first kappa shape index (κ1) is 24.7. The number of amides is 1. The number of benzene rings is 2. The smallest absolute Gasteiger partial charge is 0.272 e. The van der Waals surface area contributed by atoms with E-state index in [1.54, 1.807) is 18.3 Å². The van der Waals surface area contributed by atoms with Crippen molar-refractivity contribution < 1.29 is 4.79 Å². The van der Waals surface area contributed by atoms with Gasteiger partial charge in [0.15, 0.2) is 0 Å². The molecular weight excluding hydrogens is 426 g/mol. The highest BCUT2D eigenvalue weighted by Crippen LogP contribution is 2.06. The molecule has 0 saturated carbocycles. The number of pyridine rings is 1. The lowest BCUT2D eigenvalue weighted by Gasteiger charge is -2.13. The lowest BCUT2D eigenvalue weighted by Crippen LogP contribution is -2.35. The SMILES string of the molecule is Cc1ccn(NCCc2ccccc2)c(=O)c1CC(=O)NCc1ccc(C(=N)N)cc1.Cl. The minimum atomic E-state index is -0.224. The van der Waals surface area contributed by atoms with Crippen LogP contribution >= 0.6 is 12.4 Å². The number of amidine groups is 1. The Morgan fingerprint density at radius 1 is 1.03 bits per heavy atom. The van der Waals surface area contributed by atoms with Crippen molar-refractivity contribution in [3.63, 3.8) is 0 Å². The molecule has 1 aromatic heterocycles. The van der Waals surface area contributed by atoms with Crippen LogP contribution in [0, 0.1) is 12.3 Å². The Balaban J connectivity index is 0.00000363. The summed E-state index contributed by atoms with van der Waals surface area (Å²) in [5.74, 6) is -0.221. The van der Waals surface area contributed by atoms with Gasteiger partial charge in [-0.1, -0.05) is 54.6 Å². The number of rotatable bonds is 9. The third-order valence-electron chi connectivity index (χ3n) is 5.06. The first-order valence-electron chi connectivity index (χ1n) is 10.1. The molecule has 1 amide bonds. The van der Waals surface area contributed by atoms with Crippen LogP contribution in [0.1, 0.15) is 27.8 Å². The van der Waals surface area contributed by atoms with Crippen LogP contribution in [0.15, 0.2) is 71.7 Å². The van der Waals surface area contributed by atoms with E-state index >= 15 is 0 Å². The van der Waals surface area contributed by atoms with E-state index in [1.165, 1.54) is 10.2 Å². The summed E-state index contributed by atoms with van der Waals surface area (Å²) in [6.07, 6.45) is 2.50. The van der Waals surface area contributed by atoms with E-state index in [1.807, 2.05) is 55.5 Å². The number of nitrogens with zero attached hydrogens (tertiary/aromatic N) is 1. The van der Waals surface area contributed by atoms with Crippen molar-refractivity contribution in [2.75, 3.05) is 12.0 Å².